The van der Waals surface area contributed by atoms with Gasteiger partial charge in [0.15, 0.2) is 0 Å². The lowest BCUT2D eigenvalue weighted by Gasteiger charge is -2.14. The number of nitrogen functional groups attached to an aromatic ring is 1. The van der Waals surface area contributed by atoms with E-state index in [0.29, 0.717) is 21.0 Å². The van der Waals surface area contributed by atoms with Crippen LogP contribution in [-0.2, 0) is 4.79 Å². The standard InChI is InChI=1S/C12H12ClN3O2S/c1-16(5-8(14)17)12(18)11-10(15)9-6(13)3-2-4-7(9)19-11/h2-4H,5,15H2,1H3,(H2,14,17). The molecule has 0 aliphatic carbocycles. The van der Waals surface area contributed by atoms with Crippen molar-refractivity contribution in [1.29, 1.82) is 0 Å². The summed E-state index contributed by atoms with van der Waals surface area (Å²) in [6.07, 6.45) is 0. The molecule has 1 aromatic carbocycles. The van der Waals surface area contributed by atoms with Gasteiger partial charge in [-0.05, 0) is 12.1 Å². The van der Waals surface area contributed by atoms with Gasteiger partial charge in [0.1, 0.15) is 4.88 Å². The second kappa shape index (κ2) is 5.07. The third-order valence-electron chi connectivity index (χ3n) is 2.64. The second-order valence-corrected chi connectivity index (χ2v) is 5.54. The van der Waals surface area contributed by atoms with Crippen LogP contribution in [0, 0.1) is 0 Å². The first-order valence-electron chi connectivity index (χ1n) is 5.42. The Morgan fingerprint density at radius 2 is 2.11 bits per heavy atom. The van der Waals surface area contributed by atoms with Crippen LogP contribution in [0.4, 0.5) is 5.69 Å². The van der Waals surface area contributed by atoms with Crippen molar-refractivity contribution in [3.05, 3.63) is 28.1 Å². The number of carbonyl (C=O) groups excluding carboxylic acids is 2. The first kappa shape index (κ1) is 13.6. The van der Waals surface area contributed by atoms with Crippen LogP contribution in [0.3, 0.4) is 0 Å². The van der Waals surface area contributed by atoms with Crippen LogP contribution >= 0.6 is 22.9 Å². The summed E-state index contributed by atoms with van der Waals surface area (Å²) in [5.74, 6) is -0.915. The lowest BCUT2D eigenvalue weighted by molar-refractivity contribution is -0.118. The maximum Gasteiger partial charge on any atom is 0.266 e. The summed E-state index contributed by atoms with van der Waals surface area (Å²) in [5, 5.41) is 1.17. The van der Waals surface area contributed by atoms with E-state index in [2.05, 4.69) is 0 Å². The van der Waals surface area contributed by atoms with Gasteiger partial charge in [-0.25, -0.2) is 0 Å². The molecule has 7 heteroatoms. The highest BCUT2D eigenvalue weighted by molar-refractivity contribution is 7.21. The molecule has 2 rings (SSSR count). The molecule has 0 aliphatic rings. The molecule has 100 valence electrons. The Kier molecular flexibility index (Phi) is 3.64. The molecule has 2 amide bonds. The molecule has 1 heterocycles. The molecule has 0 atom stereocenters. The largest absolute Gasteiger partial charge is 0.397 e. The van der Waals surface area contributed by atoms with Gasteiger partial charge in [0, 0.05) is 17.1 Å². The summed E-state index contributed by atoms with van der Waals surface area (Å²) >= 11 is 7.32. The van der Waals surface area contributed by atoms with E-state index in [1.807, 2.05) is 6.07 Å². The van der Waals surface area contributed by atoms with E-state index >= 15 is 0 Å². The quantitative estimate of drug-likeness (QED) is 0.903. The summed E-state index contributed by atoms with van der Waals surface area (Å²) < 4.78 is 0.834. The van der Waals surface area contributed by atoms with Crippen molar-refractivity contribution in [1.82, 2.24) is 4.90 Å². The highest BCUT2D eigenvalue weighted by Crippen LogP contribution is 2.38. The Morgan fingerprint density at radius 3 is 2.68 bits per heavy atom. The average Bonchev–Trinajstić information content (AvgIpc) is 2.66. The van der Waals surface area contributed by atoms with Gasteiger partial charge in [0.05, 0.1) is 17.3 Å². The minimum Gasteiger partial charge on any atom is -0.397 e. The third kappa shape index (κ3) is 2.50. The van der Waals surface area contributed by atoms with Crippen LogP contribution in [-0.4, -0.2) is 30.3 Å². The zero-order valence-electron chi connectivity index (χ0n) is 10.1. The number of likely N-dealkylation sites (N-methyl/N-ethyl adjacent to an activating group) is 1. The highest BCUT2D eigenvalue weighted by Gasteiger charge is 2.21. The van der Waals surface area contributed by atoms with Gasteiger partial charge in [-0.3, -0.25) is 9.59 Å². The van der Waals surface area contributed by atoms with Crippen molar-refractivity contribution in [3.63, 3.8) is 0 Å². The van der Waals surface area contributed by atoms with Crippen molar-refractivity contribution in [2.24, 2.45) is 5.73 Å². The molecular formula is C12H12ClN3O2S. The minimum atomic E-state index is -0.575. The van der Waals surface area contributed by atoms with E-state index in [1.165, 1.54) is 23.3 Å². The first-order valence-corrected chi connectivity index (χ1v) is 6.61. The maximum atomic E-state index is 12.2. The van der Waals surface area contributed by atoms with E-state index in [9.17, 15) is 9.59 Å². The van der Waals surface area contributed by atoms with Gasteiger partial charge >= 0.3 is 0 Å². The number of hydrogen-bond acceptors (Lipinski definition) is 4. The SMILES string of the molecule is CN(CC(N)=O)C(=O)c1sc2cccc(Cl)c2c1N. The Hall–Kier alpha value is -1.79. The molecule has 0 saturated heterocycles. The summed E-state index contributed by atoms with van der Waals surface area (Å²) in [7, 11) is 1.50. The minimum absolute atomic E-state index is 0.153. The zero-order valence-corrected chi connectivity index (χ0v) is 11.7. The molecule has 0 aliphatic heterocycles. The van der Waals surface area contributed by atoms with Gasteiger partial charge in [-0.1, -0.05) is 17.7 Å². The fraction of sp³-hybridized carbons (Fsp3) is 0.167. The van der Waals surface area contributed by atoms with Crippen LogP contribution in [0.5, 0.6) is 0 Å². The van der Waals surface area contributed by atoms with E-state index in [1.54, 1.807) is 12.1 Å². The van der Waals surface area contributed by atoms with Gasteiger partial charge < -0.3 is 16.4 Å². The molecular weight excluding hydrogens is 286 g/mol. The van der Waals surface area contributed by atoms with Crippen LogP contribution in [0.2, 0.25) is 5.02 Å². The van der Waals surface area contributed by atoms with E-state index < -0.39 is 5.91 Å². The Balaban J connectivity index is 2.46. The molecule has 0 bridgehead atoms. The first-order chi connectivity index (χ1) is 8.91. The summed E-state index contributed by atoms with van der Waals surface area (Å²) in [4.78, 5) is 24.6. The van der Waals surface area contributed by atoms with Crippen molar-refractivity contribution in [2.75, 3.05) is 19.3 Å². The van der Waals surface area contributed by atoms with Gasteiger partial charge in [0.2, 0.25) is 5.91 Å². The van der Waals surface area contributed by atoms with E-state index in [-0.39, 0.29) is 12.5 Å². The number of nitrogens with zero attached hydrogens (tertiary/aromatic N) is 1. The summed E-state index contributed by atoms with van der Waals surface area (Å²) in [5.41, 5.74) is 11.4. The number of halogens is 1. The monoisotopic (exact) mass is 297 g/mol. The van der Waals surface area contributed by atoms with Gasteiger partial charge in [-0.15, -0.1) is 11.3 Å². The lowest BCUT2D eigenvalue weighted by Crippen LogP contribution is -2.35. The molecule has 19 heavy (non-hydrogen) atoms. The molecule has 5 nitrogen and oxygen atoms in total. The summed E-state index contributed by atoms with van der Waals surface area (Å²) in [6, 6.07) is 5.35. The molecule has 4 N–H and O–H groups in total. The molecule has 0 spiro atoms. The number of hydrogen-bond donors (Lipinski definition) is 2. The van der Waals surface area contributed by atoms with E-state index in [0.717, 1.165) is 4.70 Å². The van der Waals surface area contributed by atoms with Gasteiger partial charge in [0.25, 0.3) is 5.91 Å². The zero-order chi connectivity index (χ0) is 14.2. The predicted octanol–water partition coefficient (Wildman–Crippen LogP) is 1.69. The normalized spacial score (nSPS) is 10.6. The molecule has 0 unspecified atom stereocenters. The predicted molar refractivity (Wildman–Crippen MR) is 77.4 cm³/mol. The molecule has 1 aromatic heterocycles. The van der Waals surface area contributed by atoms with Crippen molar-refractivity contribution >= 4 is 50.5 Å². The number of benzene rings is 1. The van der Waals surface area contributed by atoms with Crippen molar-refractivity contribution in [2.45, 2.75) is 0 Å². The molecule has 0 saturated carbocycles. The Bertz CT molecular complexity index is 668. The Labute approximate surface area is 118 Å². The number of amides is 2. The number of anilines is 1. The Morgan fingerprint density at radius 1 is 1.42 bits per heavy atom. The smallest absolute Gasteiger partial charge is 0.266 e. The molecule has 2 aromatic rings. The van der Waals surface area contributed by atoms with Crippen LogP contribution < -0.4 is 11.5 Å². The molecule has 0 fully saturated rings. The fourth-order valence-corrected chi connectivity index (χ4v) is 3.24. The fourth-order valence-electron chi connectivity index (χ4n) is 1.77. The number of fused-ring (bicyclic) bond motifs is 1. The number of primary amides is 1. The number of rotatable bonds is 3. The number of nitrogens with two attached hydrogens (primary N) is 2. The van der Waals surface area contributed by atoms with Crippen LogP contribution in [0.15, 0.2) is 18.2 Å². The number of thiophene rings is 1. The molecule has 0 radical (unpaired) electrons. The van der Waals surface area contributed by atoms with Crippen LogP contribution in [0.25, 0.3) is 10.1 Å². The second-order valence-electron chi connectivity index (χ2n) is 4.09. The number of carbonyl (C=O) groups is 2. The third-order valence-corrected chi connectivity index (χ3v) is 4.11. The summed E-state index contributed by atoms with van der Waals surface area (Å²) in [6.45, 7) is -0.153. The highest BCUT2D eigenvalue weighted by atomic mass is 35.5. The lowest BCUT2D eigenvalue weighted by atomic mass is 10.2. The topological polar surface area (TPSA) is 89.4 Å². The van der Waals surface area contributed by atoms with Crippen molar-refractivity contribution < 1.29 is 9.59 Å². The maximum absolute atomic E-state index is 12.2. The van der Waals surface area contributed by atoms with Gasteiger partial charge in [-0.2, -0.15) is 0 Å². The average molecular weight is 298 g/mol. The van der Waals surface area contributed by atoms with Crippen molar-refractivity contribution in [3.8, 4) is 0 Å². The van der Waals surface area contributed by atoms with Crippen LogP contribution in [0.1, 0.15) is 9.67 Å². The van der Waals surface area contributed by atoms with E-state index in [4.69, 9.17) is 23.1 Å².